The molecule has 2 unspecified atom stereocenters. The van der Waals surface area contributed by atoms with E-state index in [0.29, 0.717) is 5.56 Å². The van der Waals surface area contributed by atoms with Gasteiger partial charge >= 0.3 is 0 Å². The third kappa shape index (κ3) is 2.39. The topological polar surface area (TPSA) is 51.5 Å². The van der Waals surface area contributed by atoms with Gasteiger partial charge in [-0.3, -0.25) is 4.79 Å². The average Bonchev–Trinajstić information content (AvgIpc) is 2.86. The van der Waals surface area contributed by atoms with Crippen LogP contribution in [0.4, 0.5) is 0 Å². The Morgan fingerprint density at radius 3 is 3.06 bits per heavy atom. The molecule has 0 bridgehead atoms. The first-order valence-corrected chi connectivity index (χ1v) is 5.71. The highest BCUT2D eigenvalue weighted by Crippen LogP contribution is 2.18. The van der Waals surface area contributed by atoms with Crippen molar-refractivity contribution in [1.29, 1.82) is 0 Å². The van der Waals surface area contributed by atoms with E-state index in [1.807, 2.05) is 6.92 Å². The minimum atomic E-state index is -0.221. The highest BCUT2D eigenvalue weighted by Gasteiger charge is 2.25. The Morgan fingerprint density at radius 1 is 1.69 bits per heavy atom. The third-order valence-corrected chi connectivity index (χ3v) is 3.04. The molecule has 1 aromatic heterocycles. The Kier molecular flexibility index (Phi) is 3.51. The van der Waals surface area contributed by atoms with Crippen LogP contribution in [0.2, 0.25) is 5.22 Å². The van der Waals surface area contributed by atoms with Crippen molar-refractivity contribution < 1.29 is 13.9 Å². The van der Waals surface area contributed by atoms with Gasteiger partial charge in [0.2, 0.25) is 5.22 Å². The summed E-state index contributed by atoms with van der Waals surface area (Å²) in [6, 6.07) is 1.54. The third-order valence-electron chi connectivity index (χ3n) is 2.74. The molecule has 2 heterocycles. The predicted molar refractivity (Wildman–Crippen MR) is 59.6 cm³/mol. The fourth-order valence-electron chi connectivity index (χ4n) is 1.83. The lowest BCUT2D eigenvalue weighted by Gasteiger charge is -2.19. The van der Waals surface area contributed by atoms with Crippen LogP contribution in [0.25, 0.3) is 0 Å². The molecule has 1 aliphatic rings. The number of hydrogen-bond acceptors (Lipinski definition) is 3. The molecule has 1 amide bonds. The van der Waals surface area contributed by atoms with Gasteiger partial charge in [0.25, 0.3) is 5.91 Å². The number of nitrogens with one attached hydrogen (secondary N) is 1. The molecule has 88 valence electrons. The minimum absolute atomic E-state index is 0.0130. The van der Waals surface area contributed by atoms with E-state index in [0.717, 1.165) is 19.4 Å². The normalized spacial score (nSPS) is 22.0. The molecule has 0 aliphatic carbocycles. The number of ether oxygens (including phenoxy) is 1. The first-order valence-electron chi connectivity index (χ1n) is 5.34. The number of rotatable bonds is 3. The second-order valence-electron chi connectivity index (χ2n) is 3.92. The molecule has 2 atom stereocenters. The molecular formula is C11H14ClNO3. The van der Waals surface area contributed by atoms with E-state index < -0.39 is 0 Å². The highest BCUT2D eigenvalue weighted by atomic mass is 35.5. The van der Waals surface area contributed by atoms with Gasteiger partial charge in [0, 0.05) is 6.61 Å². The van der Waals surface area contributed by atoms with E-state index in [1.54, 1.807) is 6.07 Å². The van der Waals surface area contributed by atoms with E-state index in [1.165, 1.54) is 6.26 Å². The Bertz CT molecular complexity index is 371. The molecule has 0 spiro atoms. The average molecular weight is 244 g/mol. The van der Waals surface area contributed by atoms with E-state index in [4.69, 9.17) is 20.8 Å². The molecule has 4 nitrogen and oxygen atoms in total. The standard InChI is InChI=1S/C11H14ClNO3/c1-7(9-3-2-5-15-9)13-11(14)8-4-6-16-10(8)12/h4,6-7,9H,2-3,5H2,1H3,(H,13,14). The van der Waals surface area contributed by atoms with Gasteiger partial charge in [-0.2, -0.15) is 0 Å². The van der Waals surface area contributed by atoms with Gasteiger partial charge in [-0.05, 0) is 37.4 Å². The van der Waals surface area contributed by atoms with Crippen LogP contribution in [-0.2, 0) is 4.74 Å². The summed E-state index contributed by atoms with van der Waals surface area (Å²) < 4.78 is 10.4. The van der Waals surface area contributed by atoms with Crippen molar-refractivity contribution in [2.45, 2.75) is 31.9 Å². The number of halogens is 1. The summed E-state index contributed by atoms with van der Waals surface area (Å²) in [5, 5.41) is 2.98. The summed E-state index contributed by atoms with van der Waals surface area (Å²) in [7, 11) is 0. The molecule has 2 rings (SSSR count). The number of carbonyl (C=O) groups is 1. The lowest BCUT2D eigenvalue weighted by molar-refractivity contribution is 0.0712. The van der Waals surface area contributed by atoms with Gasteiger partial charge in [-0.15, -0.1) is 0 Å². The minimum Gasteiger partial charge on any atom is -0.452 e. The number of hydrogen-bond donors (Lipinski definition) is 1. The maximum atomic E-state index is 11.8. The van der Waals surface area contributed by atoms with Crippen LogP contribution >= 0.6 is 11.6 Å². The lowest BCUT2D eigenvalue weighted by atomic mass is 10.1. The van der Waals surface area contributed by atoms with Crippen LogP contribution in [0.3, 0.4) is 0 Å². The van der Waals surface area contributed by atoms with E-state index in [2.05, 4.69) is 5.32 Å². The van der Waals surface area contributed by atoms with E-state index in [-0.39, 0.29) is 23.3 Å². The smallest absolute Gasteiger partial charge is 0.256 e. The second-order valence-corrected chi connectivity index (χ2v) is 4.26. The molecule has 1 aliphatic heterocycles. The zero-order valence-electron chi connectivity index (χ0n) is 9.03. The van der Waals surface area contributed by atoms with Crippen LogP contribution in [-0.4, -0.2) is 24.7 Å². The molecule has 16 heavy (non-hydrogen) atoms. The molecule has 1 fully saturated rings. The van der Waals surface area contributed by atoms with Crippen molar-refractivity contribution in [2.24, 2.45) is 0 Å². The molecule has 1 aromatic rings. The number of amides is 1. The summed E-state index contributed by atoms with van der Waals surface area (Å²) in [5.41, 5.74) is 0.367. The fourth-order valence-corrected chi connectivity index (χ4v) is 2.03. The molecule has 0 aromatic carbocycles. The molecular weight excluding hydrogens is 230 g/mol. The highest BCUT2D eigenvalue weighted by molar-refractivity contribution is 6.32. The maximum Gasteiger partial charge on any atom is 0.256 e. The molecule has 5 heteroatoms. The van der Waals surface area contributed by atoms with Gasteiger partial charge in [0.1, 0.15) is 0 Å². The largest absolute Gasteiger partial charge is 0.452 e. The van der Waals surface area contributed by atoms with Crippen LogP contribution in [0.5, 0.6) is 0 Å². The SMILES string of the molecule is CC(NC(=O)c1ccoc1Cl)C1CCCO1. The van der Waals surface area contributed by atoms with Crippen molar-refractivity contribution in [1.82, 2.24) is 5.32 Å². The Labute approximate surface area is 98.9 Å². The first kappa shape index (κ1) is 11.5. The van der Waals surface area contributed by atoms with Gasteiger partial charge in [0.15, 0.2) is 0 Å². The van der Waals surface area contributed by atoms with Crippen LogP contribution in [0.1, 0.15) is 30.1 Å². The number of carbonyl (C=O) groups excluding carboxylic acids is 1. The Hall–Kier alpha value is -1.00. The first-order chi connectivity index (χ1) is 7.68. The van der Waals surface area contributed by atoms with Gasteiger partial charge in [-0.1, -0.05) is 0 Å². The Balaban J connectivity index is 1.94. The molecule has 1 saturated heterocycles. The summed E-state index contributed by atoms with van der Waals surface area (Å²) in [4.78, 5) is 11.8. The predicted octanol–water partition coefficient (Wildman–Crippen LogP) is 2.23. The second kappa shape index (κ2) is 4.89. The van der Waals surface area contributed by atoms with Crippen molar-refractivity contribution in [3.8, 4) is 0 Å². The molecule has 0 saturated carbocycles. The summed E-state index contributed by atoms with van der Waals surface area (Å²) in [5.74, 6) is -0.221. The quantitative estimate of drug-likeness (QED) is 0.886. The fraction of sp³-hybridized carbons (Fsp3) is 0.545. The summed E-state index contributed by atoms with van der Waals surface area (Å²) in [6.07, 6.45) is 3.54. The summed E-state index contributed by atoms with van der Waals surface area (Å²) >= 11 is 5.72. The van der Waals surface area contributed by atoms with Crippen LogP contribution in [0, 0.1) is 0 Å². The van der Waals surface area contributed by atoms with Gasteiger partial charge in [-0.25, -0.2) is 0 Å². The van der Waals surface area contributed by atoms with Gasteiger partial charge in [0.05, 0.1) is 24.0 Å². The van der Waals surface area contributed by atoms with Crippen LogP contribution < -0.4 is 5.32 Å². The molecule has 1 N–H and O–H groups in total. The molecule has 0 radical (unpaired) electrons. The van der Waals surface area contributed by atoms with Crippen molar-refractivity contribution in [3.05, 3.63) is 23.1 Å². The van der Waals surface area contributed by atoms with E-state index >= 15 is 0 Å². The zero-order valence-corrected chi connectivity index (χ0v) is 9.79. The van der Waals surface area contributed by atoms with Crippen molar-refractivity contribution in [2.75, 3.05) is 6.61 Å². The lowest BCUT2D eigenvalue weighted by Crippen LogP contribution is -2.40. The number of furan rings is 1. The van der Waals surface area contributed by atoms with Crippen molar-refractivity contribution in [3.63, 3.8) is 0 Å². The monoisotopic (exact) mass is 243 g/mol. The van der Waals surface area contributed by atoms with Crippen molar-refractivity contribution >= 4 is 17.5 Å². The van der Waals surface area contributed by atoms with Gasteiger partial charge < -0.3 is 14.5 Å². The zero-order chi connectivity index (χ0) is 11.5. The summed E-state index contributed by atoms with van der Waals surface area (Å²) in [6.45, 7) is 2.71. The maximum absolute atomic E-state index is 11.8. The van der Waals surface area contributed by atoms with Crippen LogP contribution in [0.15, 0.2) is 16.7 Å². The van der Waals surface area contributed by atoms with E-state index in [9.17, 15) is 4.79 Å². The Morgan fingerprint density at radius 2 is 2.50 bits per heavy atom.